The number of aromatic nitrogens is 2. The average molecular weight is 330 g/mol. The van der Waals surface area contributed by atoms with Gasteiger partial charge in [0.2, 0.25) is 0 Å². The van der Waals surface area contributed by atoms with Crippen molar-refractivity contribution >= 4 is 5.91 Å². The molecule has 1 aliphatic heterocycles. The van der Waals surface area contributed by atoms with Gasteiger partial charge >= 0.3 is 0 Å². The van der Waals surface area contributed by atoms with Gasteiger partial charge in [-0.15, -0.1) is 0 Å². The molecule has 0 aliphatic carbocycles. The van der Waals surface area contributed by atoms with Crippen LogP contribution in [0.4, 0.5) is 0 Å². The first-order chi connectivity index (χ1) is 11.7. The van der Waals surface area contributed by atoms with Crippen LogP contribution in [-0.4, -0.2) is 51.7 Å². The summed E-state index contributed by atoms with van der Waals surface area (Å²) in [6, 6.07) is 5.90. The topological polar surface area (TPSA) is 54.5 Å². The molecule has 6 nitrogen and oxygen atoms in total. The summed E-state index contributed by atoms with van der Waals surface area (Å²) in [5.41, 5.74) is 0. The van der Waals surface area contributed by atoms with Gasteiger partial charge in [-0.3, -0.25) is 14.4 Å². The second-order valence-electron chi connectivity index (χ2n) is 6.26. The van der Waals surface area contributed by atoms with Crippen molar-refractivity contribution in [3.63, 3.8) is 0 Å². The van der Waals surface area contributed by atoms with E-state index in [1.165, 1.54) is 0 Å². The standard InChI is InChI=1S/C18H26N4O2/c1-3-20(4-2)14-16-8-9-17(24-16)18(23)21-11-5-7-15(13-21)22-12-6-10-19-22/h6,8-10,12,15H,3-5,7,11,13-14H2,1-2H3/t15-/m0/s1. The number of furan rings is 1. The maximum atomic E-state index is 12.7. The molecule has 1 aliphatic rings. The molecule has 2 aromatic rings. The summed E-state index contributed by atoms with van der Waals surface area (Å²) in [5.74, 6) is 1.28. The third kappa shape index (κ3) is 3.70. The Bertz CT molecular complexity index is 646. The lowest BCUT2D eigenvalue weighted by molar-refractivity contribution is 0.0637. The van der Waals surface area contributed by atoms with Crippen LogP contribution in [0.1, 0.15) is 49.0 Å². The predicted octanol–water partition coefficient (Wildman–Crippen LogP) is 2.80. The van der Waals surface area contributed by atoms with Gasteiger partial charge in [0.15, 0.2) is 5.76 Å². The molecule has 1 fully saturated rings. The quantitative estimate of drug-likeness (QED) is 0.817. The number of hydrogen-bond acceptors (Lipinski definition) is 4. The van der Waals surface area contributed by atoms with Crippen LogP contribution in [-0.2, 0) is 6.54 Å². The van der Waals surface area contributed by atoms with Crippen LogP contribution in [0.3, 0.4) is 0 Å². The minimum absolute atomic E-state index is 0.0161. The number of nitrogens with zero attached hydrogens (tertiary/aromatic N) is 4. The summed E-state index contributed by atoms with van der Waals surface area (Å²) >= 11 is 0. The molecule has 3 rings (SSSR count). The molecule has 1 atom stereocenters. The van der Waals surface area contributed by atoms with Crippen LogP contribution in [0, 0.1) is 0 Å². The lowest BCUT2D eigenvalue weighted by Gasteiger charge is -2.32. The van der Waals surface area contributed by atoms with Crippen molar-refractivity contribution in [2.75, 3.05) is 26.2 Å². The zero-order valence-corrected chi connectivity index (χ0v) is 14.5. The summed E-state index contributed by atoms with van der Waals surface area (Å²) in [5, 5.41) is 4.31. The fraction of sp³-hybridized carbons (Fsp3) is 0.556. The second-order valence-corrected chi connectivity index (χ2v) is 6.26. The van der Waals surface area contributed by atoms with Crippen LogP contribution in [0.15, 0.2) is 35.0 Å². The highest BCUT2D eigenvalue weighted by molar-refractivity contribution is 5.91. The van der Waals surface area contributed by atoms with E-state index in [-0.39, 0.29) is 11.9 Å². The molecule has 130 valence electrons. The van der Waals surface area contributed by atoms with Crippen LogP contribution >= 0.6 is 0 Å². The van der Waals surface area contributed by atoms with E-state index in [0.29, 0.717) is 12.3 Å². The van der Waals surface area contributed by atoms with E-state index in [2.05, 4.69) is 23.8 Å². The third-order valence-electron chi connectivity index (χ3n) is 4.73. The predicted molar refractivity (Wildman–Crippen MR) is 91.7 cm³/mol. The Labute approximate surface area is 143 Å². The molecule has 0 saturated carbocycles. The first kappa shape index (κ1) is 16.8. The van der Waals surface area contributed by atoms with E-state index in [9.17, 15) is 4.79 Å². The highest BCUT2D eigenvalue weighted by Crippen LogP contribution is 2.23. The number of hydrogen-bond donors (Lipinski definition) is 0. The van der Waals surface area contributed by atoms with E-state index < -0.39 is 0 Å². The number of rotatable bonds is 6. The van der Waals surface area contributed by atoms with E-state index >= 15 is 0 Å². The molecule has 0 bridgehead atoms. The summed E-state index contributed by atoms with van der Waals surface area (Å²) in [7, 11) is 0. The molecule has 0 aromatic carbocycles. The minimum Gasteiger partial charge on any atom is -0.455 e. The summed E-state index contributed by atoms with van der Waals surface area (Å²) in [4.78, 5) is 16.9. The molecule has 2 aromatic heterocycles. The summed E-state index contributed by atoms with van der Waals surface area (Å²) in [6.45, 7) is 8.41. The minimum atomic E-state index is -0.0161. The van der Waals surface area contributed by atoms with Gasteiger partial charge in [-0.2, -0.15) is 5.10 Å². The first-order valence-electron chi connectivity index (χ1n) is 8.80. The molecule has 3 heterocycles. The van der Waals surface area contributed by atoms with E-state index in [1.807, 2.05) is 27.9 Å². The van der Waals surface area contributed by atoms with Crippen molar-refractivity contribution in [2.24, 2.45) is 0 Å². The molecule has 24 heavy (non-hydrogen) atoms. The van der Waals surface area contributed by atoms with Gasteiger partial charge in [-0.1, -0.05) is 13.8 Å². The number of amides is 1. The molecule has 1 saturated heterocycles. The Morgan fingerprint density at radius 3 is 2.92 bits per heavy atom. The van der Waals surface area contributed by atoms with Crippen LogP contribution < -0.4 is 0 Å². The number of carbonyl (C=O) groups is 1. The molecule has 0 spiro atoms. The smallest absolute Gasteiger partial charge is 0.289 e. The highest BCUT2D eigenvalue weighted by atomic mass is 16.4. The lowest BCUT2D eigenvalue weighted by atomic mass is 10.1. The monoisotopic (exact) mass is 330 g/mol. The Kier molecular flexibility index (Phi) is 5.35. The Hall–Kier alpha value is -2.08. The van der Waals surface area contributed by atoms with Gasteiger partial charge in [0.1, 0.15) is 5.76 Å². The fourth-order valence-corrected chi connectivity index (χ4v) is 3.25. The van der Waals surface area contributed by atoms with Gasteiger partial charge < -0.3 is 9.32 Å². The molecular weight excluding hydrogens is 304 g/mol. The normalized spacial score (nSPS) is 18.3. The molecule has 6 heteroatoms. The molecule has 0 radical (unpaired) electrons. The maximum Gasteiger partial charge on any atom is 0.289 e. The molecule has 1 amide bonds. The van der Waals surface area contributed by atoms with Gasteiger partial charge in [0.05, 0.1) is 12.6 Å². The SMILES string of the molecule is CCN(CC)Cc1ccc(C(=O)N2CCC[C@H](n3cccn3)C2)o1. The van der Waals surface area contributed by atoms with Crippen molar-refractivity contribution in [3.05, 3.63) is 42.1 Å². The molecular formula is C18H26N4O2. The van der Waals surface area contributed by atoms with Crippen molar-refractivity contribution < 1.29 is 9.21 Å². The lowest BCUT2D eigenvalue weighted by Crippen LogP contribution is -2.40. The zero-order valence-electron chi connectivity index (χ0n) is 14.5. The Morgan fingerprint density at radius 1 is 1.38 bits per heavy atom. The molecule has 0 unspecified atom stereocenters. The van der Waals surface area contributed by atoms with Crippen molar-refractivity contribution in [1.29, 1.82) is 0 Å². The van der Waals surface area contributed by atoms with E-state index in [0.717, 1.165) is 44.8 Å². The van der Waals surface area contributed by atoms with Crippen LogP contribution in [0.25, 0.3) is 0 Å². The van der Waals surface area contributed by atoms with Gasteiger partial charge in [-0.25, -0.2) is 0 Å². The largest absolute Gasteiger partial charge is 0.455 e. The summed E-state index contributed by atoms with van der Waals surface area (Å²) < 4.78 is 7.76. The van der Waals surface area contributed by atoms with Crippen molar-refractivity contribution in [1.82, 2.24) is 19.6 Å². The van der Waals surface area contributed by atoms with Gasteiger partial charge in [0.25, 0.3) is 5.91 Å². The third-order valence-corrected chi connectivity index (χ3v) is 4.73. The van der Waals surface area contributed by atoms with Crippen molar-refractivity contribution in [3.8, 4) is 0 Å². The van der Waals surface area contributed by atoms with Crippen LogP contribution in [0.2, 0.25) is 0 Å². The fourth-order valence-electron chi connectivity index (χ4n) is 3.25. The van der Waals surface area contributed by atoms with E-state index in [1.54, 1.807) is 12.3 Å². The Balaban J connectivity index is 1.64. The van der Waals surface area contributed by atoms with Crippen molar-refractivity contribution in [2.45, 2.75) is 39.3 Å². The number of piperidine rings is 1. The van der Waals surface area contributed by atoms with Crippen LogP contribution in [0.5, 0.6) is 0 Å². The second kappa shape index (κ2) is 7.66. The number of likely N-dealkylation sites (tertiary alicyclic amines) is 1. The number of carbonyl (C=O) groups excluding carboxylic acids is 1. The van der Waals surface area contributed by atoms with Gasteiger partial charge in [-0.05, 0) is 44.1 Å². The van der Waals surface area contributed by atoms with Gasteiger partial charge in [0, 0.05) is 25.5 Å². The maximum absolute atomic E-state index is 12.7. The molecule has 0 N–H and O–H groups in total. The highest BCUT2D eigenvalue weighted by Gasteiger charge is 2.27. The first-order valence-corrected chi connectivity index (χ1v) is 8.80. The Morgan fingerprint density at radius 2 is 2.21 bits per heavy atom. The average Bonchev–Trinajstić information content (AvgIpc) is 3.31. The summed E-state index contributed by atoms with van der Waals surface area (Å²) in [6.07, 6.45) is 5.79. The van der Waals surface area contributed by atoms with E-state index in [4.69, 9.17) is 4.42 Å². The zero-order chi connectivity index (χ0) is 16.9.